The summed E-state index contributed by atoms with van der Waals surface area (Å²) in [5.74, 6) is 0.607. The molecule has 20 heavy (non-hydrogen) atoms. The number of carbonyl (C=O) groups is 1. The Morgan fingerprint density at radius 3 is 2.75 bits per heavy atom. The molecular formula is C12H12BrN3O3S. The summed E-state index contributed by atoms with van der Waals surface area (Å²) >= 11 is 4.70. The van der Waals surface area contributed by atoms with Gasteiger partial charge in [-0.2, -0.15) is 0 Å². The van der Waals surface area contributed by atoms with E-state index in [1.54, 1.807) is 0 Å². The first-order valence-corrected chi connectivity index (χ1v) is 7.65. The lowest BCUT2D eigenvalue weighted by Gasteiger charge is -2.03. The number of carboxylic acid groups (broad SMARTS) is 1. The monoisotopic (exact) mass is 357 g/mol. The van der Waals surface area contributed by atoms with Crippen LogP contribution in [0.15, 0.2) is 33.2 Å². The molecule has 6 nitrogen and oxygen atoms in total. The van der Waals surface area contributed by atoms with Crippen molar-refractivity contribution in [3.63, 3.8) is 0 Å². The summed E-state index contributed by atoms with van der Waals surface area (Å²) < 4.78 is 6.48. The van der Waals surface area contributed by atoms with Gasteiger partial charge < -0.3 is 15.3 Å². The van der Waals surface area contributed by atoms with Gasteiger partial charge in [0.15, 0.2) is 0 Å². The molecule has 1 atom stereocenters. The Kier molecular flexibility index (Phi) is 5.16. The standard InChI is InChI=1S/C12H12BrN3O3S/c13-8-3-1-7(2-4-8)11-16-15-10(19-11)6-20-5-9(14)12(17)18/h1-4,9H,5-6,14H2,(H,17,18)/t9-/m1/s1. The first-order valence-electron chi connectivity index (χ1n) is 5.70. The molecule has 1 aromatic heterocycles. The first kappa shape index (κ1) is 15.0. The highest BCUT2D eigenvalue weighted by Gasteiger charge is 2.13. The van der Waals surface area contributed by atoms with Crippen molar-refractivity contribution in [2.45, 2.75) is 11.8 Å². The predicted molar refractivity (Wildman–Crippen MR) is 79.2 cm³/mol. The fraction of sp³-hybridized carbons (Fsp3) is 0.250. The second-order valence-corrected chi connectivity index (χ2v) is 5.91. The first-order chi connectivity index (χ1) is 9.56. The molecule has 0 aliphatic rings. The van der Waals surface area contributed by atoms with E-state index in [9.17, 15) is 4.79 Å². The molecule has 0 fully saturated rings. The number of thioether (sulfide) groups is 1. The summed E-state index contributed by atoms with van der Waals surface area (Å²) in [5.41, 5.74) is 6.23. The molecule has 2 rings (SSSR count). The Bertz CT molecular complexity index is 588. The smallest absolute Gasteiger partial charge is 0.321 e. The highest BCUT2D eigenvalue weighted by atomic mass is 79.9. The van der Waals surface area contributed by atoms with E-state index in [-0.39, 0.29) is 0 Å². The van der Waals surface area contributed by atoms with Crippen molar-refractivity contribution in [1.82, 2.24) is 10.2 Å². The summed E-state index contributed by atoms with van der Waals surface area (Å²) in [5, 5.41) is 16.5. The number of hydrogen-bond acceptors (Lipinski definition) is 6. The average Bonchev–Trinajstić information content (AvgIpc) is 2.88. The van der Waals surface area contributed by atoms with Crippen LogP contribution in [-0.4, -0.2) is 33.1 Å². The van der Waals surface area contributed by atoms with Gasteiger partial charge in [0.25, 0.3) is 0 Å². The van der Waals surface area contributed by atoms with Crippen molar-refractivity contribution in [1.29, 1.82) is 0 Å². The number of hydrogen-bond donors (Lipinski definition) is 2. The maximum Gasteiger partial charge on any atom is 0.321 e. The molecule has 0 unspecified atom stereocenters. The Morgan fingerprint density at radius 1 is 1.40 bits per heavy atom. The molecule has 0 saturated carbocycles. The molecule has 1 heterocycles. The van der Waals surface area contributed by atoms with Gasteiger partial charge in [-0.1, -0.05) is 15.9 Å². The number of nitrogens with two attached hydrogens (primary N) is 1. The minimum absolute atomic E-state index is 0.297. The minimum atomic E-state index is -1.02. The van der Waals surface area contributed by atoms with Gasteiger partial charge in [0.2, 0.25) is 11.8 Å². The molecule has 1 aromatic carbocycles. The van der Waals surface area contributed by atoms with E-state index in [4.69, 9.17) is 15.3 Å². The third-order valence-electron chi connectivity index (χ3n) is 2.40. The number of aliphatic carboxylic acids is 1. The Hall–Kier alpha value is -1.38. The number of rotatable bonds is 6. The maximum atomic E-state index is 10.6. The lowest BCUT2D eigenvalue weighted by Crippen LogP contribution is -2.32. The third-order valence-corrected chi connectivity index (χ3v) is 3.97. The molecule has 0 saturated heterocycles. The minimum Gasteiger partial charge on any atom is -0.480 e. The molecule has 0 spiro atoms. The topological polar surface area (TPSA) is 102 Å². The number of benzene rings is 1. The van der Waals surface area contributed by atoms with E-state index in [1.165, 1.54) is 11.8 Å². The summed E-state index contributed by atoms with van der Waals surface area (Å²) in [6, 6.07) is 6.64. The molecule has 0 radical (unpaired) electrons. The third kappa shape index (κ3) is 4.06. The number of carboxylic acids is 1. The van der Waals surface area contributed by atoms with Gasteiger partial charge in [0.05, 0.1) is 5.75 Å². The van der Waals surface area contributed by atoms with Crippen LogP contribution in [-0.2, 0) is 10.5 Å². The van der Waals surface area contributed by atoms with Crippen molar-refractivity contribution < 1.29 is 14.3 Å². The van der Waals surface area contributed by atoms with Crippen molar-refractivity contribution in [3.05, 3.63) is 34.6 Å². The van der Waals surface area contributed by atoms with Crippen LogP contribution in [0.25, 0.3) is 11.5 Å². The largest absolute Gasteiger partial charge is 0.480 e. The zero-order valence-corrected chi connectivity index (χ0v) is 12.7. The Labute approximate surface area is 127 Å². The fourth-order valence-corrected chi connectivity index (χ4v) is 2.44. The number of aromatic nitrogens is 2. The van der Waals surface area contributed by atoms with Gasteiger partial charge in [-0.3, -0.25) is 4.79 Å². The SMILES string of the molecule is N[C@H](CSCc1nnc(-c2ccc(Br)cc2)o1)C(=O)O. The molecular weight excluding hydrogens is 346 g/mol. The van der Waals surface area contributed by atoms with Gasteiger partial charge in [0, 0.05) is 15.8 Å². The molecule has 2 aromatic rings. The number of nitrogens with zero attached hydrogens (tertiary/aromatic N) is 2. The lowest BCUT2D eigenvalue weighted by atomic mass is 10.2. The highest BCUT2D eigenvalue weighted by Crippen LogP contribution is 2.22. The molecule has 0 amide bonds. The highest BCUT2D eigenvalue weighted by molar-refractivity contribution is 9.10. The molecule has 0 aliphatic carbocycles. The van der Waals surface area contributed by atoms with Crippen LogP contribution < -0.4 is 5.73 Å². The second kappa shape index (κ2) is 6.87. The van der Waals surface area contributed by atoms with Crippen LogP contribution in [0.1, 0.15) is 5.89 Å². The maximum absolute atomic E-state index is 10.6. The second-order valence-electron chi connectivity index (χ2n) is 3.97. The van der Waals surface area contributed by atoms with Crippen molar-refractivity contribution in [2.75, 3.05) is 5.75 Å². The summed E-state index contributed by atoms with van der Waals surface area (Å²) in [6.45, 7) is 0. The summed E-state index contributed by atoms with van der Waals surface area (Å²) in [6.07, 6.45) is 0. The molecule has 106 valence electrons. The summed E-state index contributed by atoms with van der Waals surface area (Å²) in [7, 11) is 0. The van der Waals surface area contributed by atoms with Crippen LogP contribution in [0.4, 0.5) is 0 Å². The van der Waals surface area contributed by atoms with Gasteiger partial charge >= 0.3 is 5.97 Å². The van der Waals surface area contributed by atoms with Gasteiger partial charge in [-0.15, -0.1) is 22.0 Å². The Morgan fingerprint density at radius 2 is 2.10 bits per heavy atom. The van der Waals surface area contributed by atoms with Crippen LogP contribution in [0, 0.1) is 0 Å². The fourth-order valence-electron chi connectivity index (χ4n) is 1.37. The van der Waals surface area contributed by atoms with Crippen LogP contribution in [0.5, 0.6) is 0 Å². The molecule has 3 N–H and O–H groups in total. The Balaban J connectivity index is 1.92. The normalized spacial score (nSPS) is 12.3. The average molecular weight is 358 g/mol. The zero-order valence-electron chi connectivity index (χ0n) is 10.3. The van der Waals surface area contributed by atoms with E-state index < -0.39 is 12.0 Å². The molecule has 0 bridgehead atoms. The predicted octanol–water partition coefficient (Wildman–Crippen LogP) is 2.14. The lowest BCUT2D eigenvalue weighted by molar-refractivity contribution is -0.137. The van der Waals surface area contributed by atoms with Gasteiger partial charge in [-0.25, -0.2) is 0 Å². The van der Waals surface area contributed by atoms with Crippen LogP contribution in [0.2, 0.25) is 0 Å². The van der Waals surface area contributed by atoms with E-state index in [0.717, 1.165) is 10.0 Å². The van der Waals surface area contributed by atoms with Crippen LogP contribution >= 0.6 is 27.7 Å². The zero-order chi connectivity index (χ0) is 14.5. The summed E-state index contributed by atoms with van der Waals surface area (Å²) in [4.78, 5) is 10.6. The van der Waals surface area contributed by atoms with Gasteiger partial charge in [0.1, 0.15) is 6.04 Å². The van der Waals surface area contributed by atoms with E-state index >= 15 is 0 Å². The van der Waals surface area contributed by atoms with Crippen LogP contribution in [0.3, 0.4) is 0 Å². The number of halogens is 1. The van der Waals surface area contributed by atoms with Crippen molar-refractivity contribution >= 4 is 33.7 Å². The quantitative estimate of drug-likeness (QED) is 0.816. The van der Waals surface area contributed by atoms with Crippen molar-refractivity contribution in [3.8, 4) is 11.5 Å². The molecule has 0 aliphatic heterocycles. The van der Waals surface area contributed by atoms with Gasteiger partial charge in [-0.05, 0) is 24.3 Å². The molecule has 8 heteroatoms. The van der Waals surface area contributed by atoms with E-state index in [2.05, 4.69) is 26.1 Å². The van der Waals surface area contributed by atoms with Crippen molar-refractivity contribution in [2.24, 2.45) is 5.73 Å². The van der Waals surface area contributed by atoms with E-state index in [0.29, 0.717) is 23.3 Å². The van der Waals surface area contributed by atoms with E-state index in [1.807, 2.05) is 24.3 Å².